The van der Waals surface area contributed by atoms with Gasteiger partial charge in [0.15, 0.2) is 0 Å². The molecule has 0 heterocycles. The molecule has 0 radical (unpaired) electrons. The van der Waals surface area contributed by atoms with E-state index in [2.05, 4.69) is 17.4 Å². The van der Waals surface area contributed by atoms with E-state index in [4.69, 9.17) is 11.6 Å². The molecular weight excluding hydrogens is 194 g/mol. The number of nitrogens with one attached hydrogen (secondary N) is 1. The third kappa shape index (κ3) is 2.49. The maximum Gasteiger partial charge on any atom is 0.0480 e. The van der Waals surface area contributed by atoms with Gasteiger partial charge < -0.3 is 5.32 Å². The zero-order valence-electron chi connectivity index (χ0n) is 8.52. The van der Waals surface area contributed by atoms with E-state index in [1.165, 1.54) is 18.4 Å². The lowest BCUT2D eigenvalue weighted by atomic mass is 10.1. The average molecular weight is 210 g/mol. The maximum atomic E-state index is 6.18. The highest BCUT2D eigenvalue weighted by Crippen LogP contribution is 2.28. The minimum atomic E-state index is 0.900. The lowest BCUT2D eigenvalue weighted by molar-refractivity contribution is 0.638. The lowest BCUT2D eigenvalue weighted by Gasteiger charge is -2.07. The topological polar surface area (TPSA) is 12.0 Å². The van der Waals surface area contributed by atoms with Crippen molar-refractivity contribution in [1.29, 1.82) is 0 Å². The molecule has 1 N–H and O–H groups in total. The number of aryl methyl sites for hydroxylation is 1. The van der Waals surface area contributed by atoms with E-state index < -0.39 is 0 Å². The number of rotatable bonds is 4. The van der Waals surface area contributed by atoms with Crippen LogP contribution in [0.1, 0.15) is 24.0 Å². The van der Waals surface area contributed by atoms with E-state index in [9.17, 15) is 0 Å². The Hall–Kier alpha value is -0.530. The van der Waals surface area contributed by atoms with Gasteiger partial charge in [-0.15, -0.1) is 0 Å². The molecule has 1 nitrogen and oxygen atoms in total. The van der Waals surface area contributed by atoms with Crippen molar-refractivity contribution in [3.8, 4) is 0 Å². The monoisotopic (exact) mass is 209 g/mol. The van der Waals surface area contributed by atoms with Gasteiger partial charge in [-0.25, -0.2) is 0 Å². The molecule has 0 amide bonds. The van der Waals surface area contributed by atoms with Gasteiger partial charge in [-0.3, -0.25) is 0 Å². The minimum Gasteiger partial charge on any atom is -0.312 e. The molecule has 0 atom stereocenters. The van der Waals surface area contributed by atoms with Crippen LogP contribution in [0.25, 0.3) is 0 Å². The summed E-state index contributed by atoms with van der Waals surface area (Å²) in [5, 5.41) is 4.36. The maximum absolute atomic E-state index is 6.18. The van der Waals surface area contributed by atoms with Crippen molar-refractivity contribution in [2.24, 2.45) is 5.92 Å². The van der Waals surface area contributed by atoms with Crippen LogP contribution in [-0.4, -0.2) is 6.54 Å². The van der Waals surface area contributed by atoms with E-state index in [1.54, 1.807) is 0 Å². The Morgan fingerprint density at radius 3 is 2.93 bits per heavy atom. The molecule has 1 saturated carbocycles. The smallest absolute Gasteiger partial charge is 0.0480 e. The van der Waals surface area contributed by atoms with Crippen LogP contribution in [0, 0.1) is 12.8 Å². The van der Waals surface area contributed by atoms with Crippen LogP contribution in [0.5, 0.6) is 0 Å². The Morgan fingerprint density at radius 1 is 1.43 bits per heavy atom. The summed E-state index contributed by atoms with van der Waals surface area (Å²) in [6, 6.07) is 6.21. The summed E-state index contributed by atoms with van der Waals surface area (Å²) in [4.78, 5) is 0. The van der Waals surface area contributed by atoms with Crippen molar-refractivity contribution in [2.45, 2.75) is 26.3 Å². The van der Waals surface area contributed by atoms with Crippen molar-refractivity contribution in [1.82, 2.24) is 5.32 Å². The number of hydrogen-bond acceptors (Lipinski definition) is 1. The molecule has 1 aliphatic carbocycles. The normalized spacial score (nSPS) is 15.9. The molecule has 0 unspecified atom stereocenters. The molecule has 2 rings (SSSR count). The van der Waals surface area contributed by atoms with Gasteiger partial charge in [-0.1, -0.05) is 29.8 Å². The largest absolute Gasteiger partial charge is 0.312 e. The highest BCUT2D eigenvalue weighted by atomic mass is 35.5. The zero-order chi connectivity index (χ0) is 9.97. The molecule has 2 heteroatoms. The SMILES string of the molecule is Cc1cccc(CNCC2CC2)c1Cl. The van der Waals surface area contributed by atoms with Crippen molar-refractivity contribution in [3.63, 3.8) is 0 Å². The molecule has 14 heavy (non-hydrogen) atoms. The van der Waals surface area contributed by atoms with Gasteiger partial charge in [0.2, 0.25) is 0 Å². The van der Waals surface area contributed by atoms with E-state index in [-0.39, 0.29) is 0 Å². The van der Waals surface area contributed by atoms with Gasteiger partial charge in [0.25, 0.3) is 0 Å². The third-order valence-electron chi connectivity index (χ3n) is 2.72. The number of hydrogen-bond donors (Lipinski definition) is 1. The fourth-order valence-corrected chi connectivity index (χ4v) is 1.77. The summed E-state index contributed by atoms with van der Waals surface area (Å²) in [5.74, 6) is 0.929. The van der Waals surface area contributed by atoms with Crippen LogP contribution < -0.4 is 5.32 Å². The first-order valence-electron chi connectivity index (χ1n) is 5.22. The lowest BCUT2D eigenvalue weighted by Crippen LogP contribution is -2.16. The van der Waals surface area contributed by atoms with E-state index in [0.29, 0.717) is 0 Å². The van der Waals surface area contributed by atoms with Gasteiger partial charge in [-0.2, -0.15) is 0 Å². The van der Waals surface area contributed by atoms with Crippen LogP contribution in [0.4, 0.5) is 0 Å². The second-order valence-electron chi connectivity index (χ2n) is 4.12. The van der Waals surface area contributed by atoms with Crippen LogP contribution in [0.15, 0.2) is 18.2 Å². The summed E-state index contributed by atoms with van der Waals surface area (Å²) in [7, 11) is 0. The molecule has 0 bridgehead atoms. The molecular formula is C12H16ClN. The predicted molar refractivity (Wildman–Crippen MR) is 60.6 cm³/mol. The summed E-state index contributed by atoms with van der Waals surface area (Å²) in [6.45, 7) is 4.09. The van der Waals surface area contributed by atoms with Gasteiger partial charge in [-0.05, 0) is 43.4 Å². The van der Waals surface area contributed by atoms with Gasteiger partial charge in [0, 0.05) is 11.6 Å². The Labute approximate surface area is 90.5 Å². The number of benzene rings is 1. The number of halogens is 1. The highest BCUT2D eigenvalue weighted by Gasteiger charge is 2.20. The molecule has 1 aliphatic rings. The Bertz CT molecular complexity index is 318. The van der Waals surface area contributed by atoms with Crippen molar-refractivity contribution in [3.05, 3.63) is 34.3 Å². The predicted octanol–water partition coefficient (Wildman–Crippen LogP) is 3.15. The van der Waals surface area contributed by atoms with E-state index >= 15 is 0 Å². The Balaban J connectivity index is 1.90. The minimum absolute atomic E-state index is 0.900. The first-order chi connectivity index (χ1) is 6.77. The average Bonchev–Trinajstić information content (AvgIpc) is 2.96. The highest BCUT2D eigenvalue weighted by molar-refractivity contribution is 6.32. The van der Waals surface area contributed by atoms with Crippen molar-refractivity contribution in [2.75, 3.05) is 6.54 Å². The van der Waals surface area contributed by atoms with Crippen LogP contribution >= 0.6 is 11.6 Å². The first kappa shape index (κ1) is 10.0. The van der Waals surface area contributed by atoms with Crippen molar-refractivity contribution >= 4 is 11.6 Å². The quantitative estimate of drug-likeness (QED) is 0.804. The van der Waals surface area contributed by atoms with Crippen LogP contribution in [0.2, 0.25) is 5.02 Å². The Kier molecular flexibility index (Phi) is 3.09. The standard InChI is InChI=1S/C12H16ClN/c1-9-3-2-4-11(12(9)13)8-14-7-10-5-6-10/h2-4,10,14H,5-8H2,1H3. The van der Waals surface area contributed by atoms with E-state index in [1.807, 2.05) is 13.0 Å². The molecule has 0 spiro atoms. The first-order valence-corrected chi connectivity index (χ1v) is 5.60. The summed E-state index contributed by atoms with van der Waals surface area (Å²) in [6.07, 6.45) is 2.79. The fraction of sp³-hybridized carbons (Fsp3) is 0.500. The second-order valence-corrected chi connectivity index (χ2v) is 4.50. The Morgan fingerprint density at radius 2 is 2.21 bits per heavy atom. The van der Waals surface area contributed by atoms with E-state index in [0.717, 1.165) is 29.6 Å². The second kappa shape index (κ2) is 4.33. The summed E-state index contributed by atoms with van der Waals surface area (Å²) in [5.41, 5.74) is 2.38. The van der Waals surface area contributed by atoms with Gasteiger partial charge in [0.05, 0.1) is 0 Å². The molecule has 1 aromatic rings. The molecule has 0 aromatic heterocycles. The summed E-state index contributed by atoms with van der Waals surface area (Å²) >= 11 is 6.18. The fourth-order valence-electron chi connectivity index (χ4n) is 1.58. The molecule has 1 fully saturated rings. The summed E-state index contributed by atoms with van der Waals surface area (Å²) < 4.78 is 0. The zero-order valence-corrected chi connectivity index (χ0v) is 9.27. The van der Waals surface area contributed by atoms with Crippen molar-refractivity contribution < 1.29 is 0 Å². The molecule has 0 saturated heterocycles. The molecule has 1 aromatic carbocycles. The van der Waals surface area contributed by atoms with Gasteiger partial charge >= 0.3 is 0 Å². The molecule has 0 aliphatic heterocycles. The van der Waals surface area contributed by atoms with Crippen LogP contribution in [0.3, 0.4) is 0 Å². The third-order valence-corrected chi connectivity index (χ3v) is 3.26. The van der Waals surface area contributed by atoms with Crippen LogP contribution in [-0.2, 0) is 6.54 Å². The molecule has 76 valence electrons. The van der Waals surface area contributed by atoms with Gasteiger partial charge in [0.1, 0.15) is 0 Å².